The molecule has 0 saturated heterocycles. The maximum absolute atomic E-state index is 3.19. The summed E-state index contributed by atoms with van der Waals surface area (Å²) < 4.78 is 0. The molecule has 0 unspecified atom stereocenters. The molecule has 0 heterocycles. The third-order valence-corrected chi connectivity index (χ3v) is 2.23. The van der Waals surface area contributed by atoms with Crippen LogP contribution in [-0.2, 0) is 0 Å². The van der Waals surface area contributed by atoms with Crippen molar-refractivity contribution >= 4 is 0 Å². The maximum Gasteiger partial charge on any atom is -0.00492 e. The van der Waals surface area contributed by atoms with E-state index < -0.39 is 0 Å². The largest absolute Gasteiger partial charge is 0.320 e. The van der Waals surface area contributed by atoms with E-state index >= 15 is 0 Å². The summed E-state index contributed by atoms with van der Waals surface area (Å²) in [7, 11) is 2.02. The average Bonchev–Trinajstić information content (AvgIpc) is 1.89. The van der Waals surface area contributed by atoms with Gasteiger partial charge in [0.1, 0.15) is 0 Å². The lowest BCUT2D eigenvalue weighted by Gasteiger charge is -2.18. The van der Waals surface area contributed by atoms with E-state index in [0.29, 0.717) is 0 Å². The van der Waals surface area contributed by atoms with Crippen LogP contribution in [0.5, 0.6) is 0 Å². The van der Waals surface area contributed by atoms with Crippen LogP contribution in [0.15, 0.2) is 0 Å². The molecule has 0 aliphatic carbocycles. The van der Waals surface area contributed by atoms with Crippen molar-refractivity contribution in [2.45, 2.75) is 33.6 Å². The molecule has 1 atom stereocenters. The number of nitrogens with one attached hydrogen (secondary N) is 1. The van der Waals surface area contributed by atoms with Crippen molar-refractivity contribution in [3.8, 4) is 0 Å². The normalized spacial score (nSPS) is 14.1. The van der Waals surface area contributed by atoms with Crippen molar-refractivity contribution in [1.29, 1.82) is 0 Å². The van der Waals surface area contributed by atoms with Crippen LogP contribution in [0, 0.1) is 11.8 Å². The van der Waals surface area contributed by atoms with Crippen molar-refractivity contribution in [2.24, 2.45) is 11.8 Å². The van der Waals surface area contributed by atoms with Crippen LogP contribution in [0.25, 0.3) is 0 Å². The van der Waals surface area contributed by atoms with Gasteiger partial charge in [0, 0.05) is 0 Å². The first-order valence-corrected chi connectivity index (χ1v) is 4.37. The van der Waals surface area contributed by atoms with Gasteiger partial charge in [0.25, 0.3) is 0 Å². The molecule has 1 nitrogen and oxygen atoms in total. The van der Waals surface area contributed by atoms with Gasteiger partial charge in [0.05, 0.1) is 0 Å². The van der Waals surface area contributed by atoms with Gasteiger partial charge in [-0.25, -0.2) is 0 Å². The van der Waals surface area contributed by atoms with E-state index in [4.69, 9.17) is 0 Å². The van der Waals surface area contributed by atoms with E-state index in [0.717, 1.165) is 18.4 Å². The molecule has 0 fully saturated rings. The van der Waals surface area contributed by atoms with Crippen molar-refractivity contribution in [3.05, 3.63) is 0 Å². The quantitative estimate of drug-likeness (QED) is 0.622. The zero-order valence-corrected chi connectivity index (χ0v) is 7.78. The Hall–Kier alpha value is -0.0400. The Morgan fingerprint density at radius 3 is 2.20 bits per heavy atom. The van der Waals surface area contributed by atoms with Gasteiger partial charge in [0.15, 0.2) is 0 Å². The lowest BCUT2D eigenvalue weighted by Crippen LogP contribution is -2.16. The molecule has 0 aliphatic rings. The summed E-state index contributed by atoms with van der Waals surface area (Å²) in [6.45, 7) is 8.06. The highest BCUT2D eigenvalue weighted by atomic mass is 14.8. The summed E-state index contributed by atoms with van der Waals surface area (Å²) in [6, 6.07) is 0. The first-order chi connectivity index (χ1) is 4.72. The highest BCUT2D eigenvalue weighted by Crippen LogP contribution is 2.17. The molecule has 0 aromatic heterocycles. The fourth-order valence-corrected chi connectivity index (χ4v) is 1.34. The molecule has 0 aromatic rings. The van der Waals surface area contributed by atoms with Gasteiger partial charge in [0.2, 0.25) is 0 Å². The van der Waals surface area contributed by atoms with Gasteiger partial charge in [-0.3, -0.25) is 0 Å². The molecule has 1 N–H and O–H groups in total. The monoisotopic (exact) mass is 143 g/mol. The zero-order valence-electron chi connectivity index (χ0n) is 7.78. The highest BCUT2D eigenvalue weighted by Gasteiger charge is 2.08. The van der Waals surface area contributed by atoms with Crippen molar-refractivity contribution in [1.82, 2.24) is 5.32 Å². The van der Waals surface area contributed by atoms with E-state index in [2.05, 4.69) is 26.1 Å². The zero-order chi connectivity index (χ0) is 7.98. The second-order valence-electron chi connectivity index (χ2n) is 3.30. The summed E-state index contributed by atoms with van der Waals surface area (Å²) in [6.07, 6.45) is 2.64. The molecule has 0 saturated carbocycles. The van der Waals surface area contributed by atoms with Crippen molar-refractivity contribution in [2.75, 3.05) is 13.6 Å². The smallest absolute Gasteiger partial charge is 0.00492 e. The molecular weight excluding hydrogens is 122 g/mol. The van der Waals surface area contributed by atoms with Gasteiger partial charge in [-0.2, -0.15) is 0 Å². The van der Waals surface area contributed by atoms with Gasteiger partial charge < -0.3 is 5.32 Å². The van der Waals surface area contributed by atoms with Crippen LogP contribution in [-0.4, -0.2) is 13.6 Å². The van der Waals surface area contributed by atoms with E-state index in [1.807, 2.05) is 7.05 Å². The van der Waals surface area contributed by atoms with Crippen molar-refractivity contribution in [3.63, 3.8) is 0 Å². The fourth-order valence-electron chi connectivity index (χ4n) is 1.34. The molecule has 0 aliphatic heterocycles. The summed E-state index contributed by atoms with van der Waals surface area (Å²) in [4.78, 5) is 0. The van der Waals surface area contributed by atoms with Crippen LogP contribution >= 0.6 is 0 Å². The molecule has 0 bridgehead atoms. The number of rotatable bonds is 5. The van der Waals surface area contributed by atoms with Crippen molar-refractivity contribution < 1.29 is 0 Å². The minimum atomic E-state index is 0.846. The van der Waals surface area contributed by atoms with Gasteiger partial charge >= 0.3 is 0 Å². The summed E-state index contributed by atoms with van der Waals surface area (Å²) in [5.74, 6) is 1.76. The Labute approximate surface area is 65.2 Å². The second kappa shape index (κ2) is 5.72. The van der Waals surface area contributed by atoms with Crippen LogP contribution in [0.4, 0.5) is 0 Å². The van der Waals surface area contributed by atoms with E-state index in [9.17, 15) is 0 Å². The molecule has 10 heavy (non-hydrogen) atoms. The molecule has 0 spiro atoms. The van der Waals surface area contributed by atoms with Crippen LogP contribution < -0.4 is 5.32 Å². The Morgan fingerprint density at radius 2 is 1.90 bits per heavy atom. The van der Waals surface area contributed by atoms with E-state index in [-0.39, 0.29) is 0 Å². The second-order valence-corrected chi connectivity index (χ2v) is 3.30. The third kappa shape index (κ3) is 3.89. The number of hydrogen-bond acceptors (Lipinski definition) is 1. The Kier molecular flexibility index (Phi) is 5.70. The first-order valence-electron chi connectivity index (χ1n) is 4.37. The minimum absolute atomic E-state index is 0.846. The minimum Gasteiger partial charge on any atom is -0.320 e. The standard InChI is InChI=1S/C9H21N/c1-5-9(8(2)3)6-7-10-4/h8-10H,5-7H2,1-4H3/t9-/m1/s1. The summed E-state index contributed by atoms with van der Waals surface area (Å²) >= 11 is 0. The molecule has 0 aromatic carbocycles. The molecule has 0 amide bonds. The summed E-state index contributed by atoms with van der Waals surface area (Å²) in [5.41, 5.74) is 0. The Bertz CT molecular complexity index is 69.1. The predicted molar refractivity (Wildman–Crippen MR) is 47.2 cm³/mol. The fraction of sp³-hybridized carbons (Fsp3) is 1.00. The molecule has 0 rings (SSSR count). The first kappa shape index (κ1) is 9.96. The molecule has 62 valence electrons. The lowest BCUT2D eigenvalue weighted by molar-refractivity contribution is 0.346. The topological polar surface area (TPSA) is 12.0 Å². The molecule has 0 radical (unpaired) electrons. The Balaban J connectivity index is 3.40. The average molecular weight is 143 g/mol. The van der Waals surface area contributed by atoms with Crippen LogP contribution in [0.2, 0.25) is 0 Å². The third-order valence-electron chi connectivity index (χ3n) is 2.23. The van der Waals surface area contributed by atoms with Gasteiger partial charge in [-0.1, -0.05) is 27.2 Å². The van der Waals surface area contributed by atoms with E-state index in [1.165, 1.54) is 12.8 Å². The predicted octanol–water partition coefficient (Wildman–Crippen LogP) is 2.28. The van der Waals surface area contributed by atoms with Crippen LogP contribution in [0.3, 0.4) is 0 Å². The highest BCUT2D eigenvalue weighted by molar-refractivity contribution is 4.61. The van der Waals surface area contributed by atoms with Gasteiger partial charge in [-0.05, 0) is 31.8 Å². The lowest BCUT2D eigenvalue weighted by atomic mass is 9.90. The summed E-state index contributed by atoms with van der Waals surface area (Å²) in [5, 5.41) is 3.19. The Morgan fingerprint density at radius 1 is 1.30 bits per heavy atom. The number of hydrogen-bond donors (Lipinski definition) is 1. The van der Waals surface area contributed by atoms with Gasteiger partial charge in [-0.15, -0.1) is 0 Å². The molecular formula is C9H21N. The SMILES string of the molecule is CC[C@H](CCNC)C(C)C. The molecule has 1 heteroatoms. The maximum atomic E-state index is 3.19. The van der Waals surface area contributed by atoms with Crippen LogP contribution in [0.1, 0.15) is 33.6 Å². The van der Waals surface area contributed by atoms with E-state index in [1.54, 1.807) is 0 Å².